The average Bonchev–Trinajstić information content (AvgIpc) is 2.33. The Morgan fingerprint density at radius 2 is 1.63 bits per heavy atom. The molecule has 0 unspecified atom stereocenters. The van der Waals surface area contributed by atoms with Gasteiger partial charge in [-0.05, 0) is 19.8 Å². The van der Waals surface area contributed by atoms with Gasteiger partial charge in [-0.2, -0.15) is 0 Å². The summed E-state index contributed by atoms with van der Waals surface area (Å²) in [5.74, 6) is -2.29. The van der Waals surface area contributed by atoms with Crippen LogP contribution in [-0.4, -0.2) is 41.0 Å². The van der Waals surface area contributed by atoms with Crippen molar-refractivity contribution in [1.29, 1.82) is 0 Å². The van der Waals surface area contributed by atoms with Gasteiger partial charge in [-0.25, -0.2) is 4.79 Å². The molecule has 0 aliphatic rings. The number of amides is 2. The number of hydrogen-bond donors (Lipinski definition) is 4. The van der Waals surface area contributed by atoms with Gasteiger partial charge in [0.15, 0.2) is 0 Å². The van der Waals surface area contributed by atoms with Crippen molar-refractivity contribution < 1.29 is 19.5 Å². The van der Waals surface area contributed by atoms with Crippen LogP contribution in [0.1, 0.15) is 34.1 Å². The summed E-state index contributed by atoms with van der Waals surface area (Å²) in [6.45, 7) is 6.56. The third kappa shape index (κ3) is 5.69. The standard InChI is InChI=1S/C12H23N3O4/c1-5-6(2)9(12(18)19)15-11(17)8(4)14-10(16)7(3)13/h6-9H,5,13H2,1-4H3,(H,14,16)(H,15,17)(H,18,19)/t6-,7-,8+,9-/m0/s1. The monoisotopic (exact) mass is 273 g/mol. The zero-order valence-electron chi connectivity index (χ0n) is 11.8. The van der Waals surface area contributed by atoms with Gasteiger partial charge in [0.25, 0.3) is 0 Å². The van der Waals surface area contributed by atoms with Crippen LogP contribution < -0.4 is 16.4 Å². The van der Waals surface area contributed by atoms with Crippen molar-refractivity contribution in [3.8, 4) is 0 Å². The molecule has 19 heavy (non-hydrogen) atoms. The highest BCUT2D eigenvalue weighted by Gasteiger charge is 2.27. The molecule has 7 heteroatoms. The molecule has 2 amide bonds. The lowest BCUT2D eigenvalue weighted by Crippen LogP contribution is -2.54. The fourth-order valence-electron chi connectivity index (χ4n) is 1.37. The van der Waals surface area contributed by atoms with Gasteiger partial charge in [-0.15, -0.1) is 0 Å². The van der Waals surface area contributed by atoms with Gasteiger partial charge in [-0.1, -0.05) is 20.3 Å². The van der Waals surface area contributed by atoms with Crippen molar-refractivity contribution in [3.05, 3.63) is 0 Å². The molecular weight excluding hydrogens is 250 g/mol. The molecule has 0 heterocycles. The van der Waals surface area contributed by atoms with Crippen LogP contribution in [0.25, 0.3) is 0 Å². The van der Waals surface area contributed by atoms with Gasteiger partial charge in [-0.3, -0.25) is 9.59 Å². The third-order valence-corrected chi connectivity index (χ3v) is 2.94. The van der Waals surface area contributed by atoms with Crippen LogP contribution in [0.5, 0.6) is 0 Å². The minimum atomic E-state index is -1.09. The molecule has 5 N–H and O–H groups in total. The largest absolute Gasteiger partial charge is 0.480 e. The second kappa shape index (κ2) is 7.73. The minimum Gasteiger partial charge on any atom is -0.480 e. The van der Waals surface area contributed by atoms with Crippen molar-refractivity contribution >= 4 is 17.8 Å². The molecule has 0 aromatic rings. The Labute approximate surface area is 112 Å². The SMILES string of the molecule is CC[C@H](C)[C@H](NC(=O)[C@@H](C)NC(=O)[C@H](C)N)C(=O)O. The quantitative estimate of drug-likeness (QED) is 0.496. The number of hydrogen-bond acceptors (Lipinski definition) is 4. The first-order valence-electron chi connectivity index (χ1n) is 6.29. The Bertz CT molecular complexity index is 344. The van der Waals surface area contributed by atoms with E-state index in [1.807, 2.05) is 6.92 Å². The van der Waals surface area contributed by atoms with Gasteiger partial charge in [0.05, 0.1) is 6.04 Å². The fourth-order valence-corrected chi connectivity index (χ4v) is 1.37. The molecule has 0 rings (SSSR count). The summed E-state index contributed by atoms with van der Waals surface area (Å²) in [4.78, 5) is 34.2. The molecule has 0 radical (unpaired) electrons. The predicted molar refractivity (Wildman–Crippen MR) is 70.3 cm³/mol. The van der Waals surface area contributed by atoms with Crippen molar-refractivity contribution in [3.63, 3.8) is 0 Å². The third-order valence-electron chi connectivity index (χ3n) is 2.94. The van der Waals surface area contributed by atoms with Crippen molar-refractivity contribution in [2.45, 2.75) is 52.2 Å². The lowest BCUT2D eigenvalue weighted by molar-refractivity contribution is -0.143. The lowest BCUT2D eigenvalue weighted by atomic mass is 9.99. The van der Waals surface area contributed by atoms with Crippen molar-refractivity contribution in [2.75, 3.05) is 0 Å². The van der Waals surface area contributed by atoms with Gasteiger partial charge < -0.3 is 21.5 Å². The summed E-state index contributed by atoms with van der Waals surface area (Å²) in [5, 5.41) is 13.9. The molecule has 0 fully saturated rings. The minimum absolute atomic E-state index is 0.196. The molecule has 0 spiro atoms. The molecule has 0 aliphatic heterocycles. The van der Waals surface area contributed by atoms with E-state index in [2.05, 4.69) is 10.6 Å². The van der Waals surface area contributed by atoms with Gasteiger partial charge in [0, 0.05) is 0 Å². The van der Waals surface area contributed by atoms with Crippen LogP contribution >= 0.6 is 0 Å². The normalized spacial score (nSPS) is 16.9. The zero-order valence-corrected chi connectivity index (χ0v) is 11.8. The highest BCUT2D eigenvalue weighted by atomic mass is 16.4. The smallest absolute Gasteiger partial charge is 0.326 e. The Hall–Kier alpha value is -1.63. The van der Waals surface area contributed by atoms with Crippen LogP contribution in [0.3, 0.4) is 0 Å². The number of carboxylic acid groups (broad SMARTS) is 1. The van der Waals surface area contributed by atoms with Crippen LogP contribution in [-0.2, 0) is 14.4 Å². The highest BCUT2D eigenvalue weighted by molar-refractivity contribution is 5.91. The average molecular weight is 273 g/mol. The molecule has 0 saturated carbocycles. The Morgan fingerprint density at radius 3 is 2.00 bits per heavy atom. The van der Waals surface area contributed by atoms with E-state index in [9.17, 15) is 14.4 Å². The number of carbonyl (C=O) groups is 3. The first kappa shape index (κ1) is 17.4. The van der Waals surface area contributed by atoms with Crippen molar-refractivity contribution in [1.82, 2.24) is 10.6 Å². The first-order valence-corrected chi connectivity index (χ1v) is 6.29. The molecule has 0 bridgehead atoms. The number of rotatable bonds is 7. The first-order chi connectivity index (χ1) is 8.70. The maximum atomic E-state index is 11.8. The van der Waals surface area contributed by atoms with Crippen LogP contribution in [0, 0.1) is 5.92 Å². The predicted octanol–water partition coefficient (Wildman–Crippen LogP) is -0.546. The maximum Gasteiger partial charge on any atom is 0.326 e. The van der Waals surface area contributed by atoms with Crippen LogP contribution in [0.2, 0.25) is 0 Å². The fraction of sp³-hybridized carbons (Fsp3) is 0.750. The summed E-state index contributed by atoms with van der Waals surface area (Å²) < 4.78 is 0. The van der Waals surface area contributed by atoms with E-state index in [1.54, 1.807) is 6.92 Å². The Morgan fingerprint density at radius 1 is 1.11 bits per heavy atom. The van der Waals surface area contributed by atoms with Crippen molar-refractivity contribution in [2.24, 2.45) is 11.7 Å². The molecule has 0 aromatic heterocycles. The van der Waals surface area contributed by atoms with Gasteiger partial charge in [0.2, 0.25) is 11.8 Å². The highest BCUT2D eigenvalue weighted by Crippen LogP contribution is 2.08. The molecule has 110 valence electrons. The van der Waals surface area contributed by atoms with E-state index in [0.29, 0.717) is 6.42 Å². The second-order valence-corrected chi connectivity index (χ2v) is 4.73. The van der Waals surface area contributed by atoms with E-state index in [-0.39, 0.29) is 5.92 Å². The zero-order chi connectivity index (χ0) is 15.2. The van der Waals surface area contributed by atoms with Gasteiger partial charge in [0.1, 0.15) is 12.1 Å². The summed E-state index contributed by atoms with van der Waals surface area (Å²) in [5.41, 5.74) is 5.37. The molecule has 0 aromatic carbocycles. The van der Waals surface area contributed by atoms with E-state index in [1.165, 1.54) is 13.8 Å². The Balaban J connectivity index is 4.56. The number of aliphatic carboxylic acids is 1. The summed E-state index contributed by atoms with van der Waals surface area (Å²) in [6, 6.07) is -2.52. The topological polar surface area (TPSA) is 122 Å². The van der Waals surface area contributed by atoms with Gasteiger partial charge >= 0.3 is 5.97 Å². The number of nitrogens with one attached hydrogen (secondary N) is 2. The van der Waals surface area contributed by atoms with E-state index in [4.69, 9.17) is 10.8 Å². The Kier molecular flexibility index (Phi) is 7.06. The molecule has 7 nitrogen and oxygen atoms in total. The molecular formula is C12H23N3O4. The maximum absolute atomic E-state index is 11.8. The van der Waals surface area contributed by atoms with E-state index in [0.717, 1.165) is 0 Å². The molecule has 4 atom stereocenters. The second-order valence-electron chi connectivity index (χ2n) is 4.73. The lowest BCUT2D eigenvalue weighted by Gasteiger charge is -2.23. The number of carboxylic acids is 1. The summed E-state index contributed by atoms with van der Waals surface area (Å²) in [7, 11) is 0. The summed E-state index contributed by atoms with van der Waals surface area (Å²) in [6.07, 6.45) is 0.623. The van der Waals surface area contributed by atoms with E-state index < -0.39 is 35.9 Å². The molecule has 0 aliphatic carbocycles. The summed E-state index contributed by atoms with van der Waals surface area (Å²) >= 11 is 0. The number of carbonyl (C=O) groups excluding carboxylic acids is 2. The van der Waals surface area contributed by atoms with E-state index >= 15 is 0 Å². The number of nitrogens with two attached hydrogens (primary N) is 1. The van der Waals surface area contributed by atoms with Crippen LogP contribution in [0.15, 0.2) is 0 Å². The van der Waals surface area contributed by atoms with Crippen LogP contribution in [0.4, 0.5) is 0 Å². The molecule has 0 saturated heterocycles.